The number of carbonyl (C=O) groups excluding carboxylic acids is 1. The molecule has 19 heavy (non-hydrogen) atoms. The Morgan fingerprint density at radius 1 is 1.63 bits per heavy atom. The van der Waals surface area contributed by atoms with Crippen molar-refractivity contribution in [2.24, 2.45) is 16.6 Å². The summed E-state index contributed by atoms with van der Waals surface area (Å²) in [5, 5.41) is 0. The largest absolute Gasteiger partial charge is 0.341 e. The van der Waals surface area contributed by atoms with Crippen LogP contribution in [0.15, 0.2) is 29.4 Å². The molecule has 0 saturated heterocycles. The summed E-state index contributed by atoms with van der Waals surface area (Å²) in [4.78, 5) is 17.7. The van der Waals surface area contributed by atoms with E-state index in [4.69, 9.17) is 10.5 Å². The maximum absolute atomic E-state index is 12.1. The molecule has 0 aromatic rings. The van der Waals surface area contributed by atoms with Crippen molar-refractivity contribution in [2.75, 3.05) is 32.1 Å². The summed E-state index contributed by atoms with van der Waals surface area (Å²) in [6.45, 7) is 6.63. The second-order valence-electron chi connectivity index (χ2n) is 4.45. The van der Waals surface area contributed by atoms with Crippen molar-refractivity contribution in [3.05, 3.63) is 24.4 Å². The van der Waals surface area contributed by atoms with Gasteiger partial charge in [-0.1, -0.05) is 19.6 Å². The summed E-state index contributed by atoms with van der Waals surface area (Å²) in [5.74, 6) is 0.992. The Morgan fingerprint density at radius 2 is 2.26 bits per heavy atom. The highest BCUT2D eigenvalue weighted by atomic mass is 32.2. The first kappa shape index (κ1) is 17.7. The fourth-order valence-corrected chi connectivity index (χ4v) is 2.60. The lowest BCUT2D eigenvalue weighted by Crippen LogP contribution is -2.33. The maximum atomic E-state index is 12.1. The molecule has 1 amide bonds. The van der Waals surface area contributed by atoms with Crippen molar-refractivity contribution in [3.63, 3.8) is 0 Å². The lowest BCUT2D eigenvalue weighted by atomic mass is 10.2. The third-order valence-electron chi connectivity index (χ3n) is 2.36. The van der Waals surface area contributed by atoms with Gasteiger partial charge in [0.05, 0.1) is 5.57 Å². The lowest BCUT2D eigenvalue weighted by Gasteiger charge is -2.21. The second-order valence-corrected chi connectivity index (χ2v) is 6.06. The van der Waals surface area contributed by atoms with Gasteiger partial charge >= 0.3 is 0 Å². The molecule has 0 aromatic carbocycles. The summed E-state index contributed by atoms with van der Waals surface area (Å²) in [7, 11) is 1.40. The average Bonchev–Trinajstić information content (AvgIpc) is 2.32. The zero-order valence-corrected chi connectivity index (χ0v) is 12.7. The Hall–Kier alpha value is -1.27. The molecule has 1 unspecified atom stereocenters. The van der Waals surface area contributed by atoms with E-state index in [-0.39, 0.29) is 16.6 Å². The van der Waals surface area contributed by atoms with Crippen molar-refractivity contribution in [1.82, 2.24) is 4.90 Å². The molecule has 108 valence electrons. The van der Waals surface area contributed by atoms with Gasteiger partial charge < -0.3 is 10.6 Å². The molecule has 0 aromatic heterocycles. The number of nitrogens with zero attached hydrogens (tertiary/aromatic N) is 2. The third-order valence-corrected chi connectivity index (χ3v) is 3.43. The van der Waals surface area contributed by atoms with Crippen molar-refractivity contribution in [2.45, 2.75) is 6.92 Å². The quantitative estimate of drug-likeness (QED) is 0.399. The fraction of sp³-hybridized carbons (Fsp3) is 0.538. The lowest BCUT2D eigenvalue weighted by molar-refractivity contribution is -0.125. The Bertz CT molecular complexity index is 390. The van der Waals surface area contributed by atoms with E-state index < -0.39 is 0 Å². The number of rotatable bonds is 8. The van der Waals surface area contributed by atoms with Crippen LogP contribution in [0.4, 0.5) is 0 Å². The van der Waals surface area contributed by atoms with Crippen LogP contribution in [0, 0.1) is 10.7 Å². The molecular formula is C13H24N4OS. The highest BCUT2D eigenvalue weighted by Crippen LogP contribution is 2.06. The molecule has 0 aliphatic carbocycles. The van der Waals surface area contributed by atoms with E-state index >= 15 is 0 Å². The minimum Gasteiger partial charge on any atom is -0.341 e. The van der Waals surface area contributed by atoms with Gasteiger partial charge in [-0.2, -0.15) is 0 Å². The Kier molecular flexibility index (Phi) is 8.99. The molecular weight excluding hydrogens is 260 g/mol. The van der Waals surface area contributed by atoms with Gasteiger partial charge in [0.1, 0.15) is 0 Å². The van der Waals surface area contributed by atoms with Crippen LogP contribution >= 0.6 is 0 Å². The number of hydrogen-bond donors (Lipinski definition) is 2. The first-order chi connectivity index (χ1) is 8.92. The first-order valence-electron chi connectivity index (χ1n) is 6.05. The number of amides is 1. The van der Waals surface area contributed by atoms with Gasteiger partial charge in [-0.25, -0.2) is 0 Å². The minimum atomic E-state index is -0.354. The van der Waals surface area contributed by atoms with Crippen LogP contribution in [0.2, 0.25) is 0 Å². The molecule has 0 fully saturated rings. The summed E-state index contributed by atoms with van der Waals surface area (Å²) >= 11 is 0. The summed E-state index contributed by atoms with van der Waals surface area (Å²) in [6, 6.07) is 0. The molecule has 0 radical (unpaired) electrons. The van der Waals surface area contributed by atoms with Crippen LogP contribution in [0.5, 0.6) is 0 Å². The van der Waals surface area contributed by atoms with E-state index in [0.717, 1.165) is 5.75 Å². The highest BCUT2D eigenvalue weighted by Gasteiger charge is 2.15. The summed E-state index contributed by atoms with van der Waals surface area (Å²) in [6.07, 6.45) is 6.38. The van der Waals surface area contributed by atoms with E-state index in [0.29, 0.717) is 24.6 Å². The van der Waals surface area contributed by atoms with Gasteiger partial charge in [0.15, 0.2) is 0 Å². The zero-order valence-electron chi connectivity index (χ0n) is 11.9. The molecule has 2 atom stereocenters. The Balaban J connectivity index is 4.60. The van der Waals surface area contributed by atoms with E-state index in [1.54, 1.807) is 11.9 Å². The number of nitrogens with one attached hydrogen (secondary N) is 1. The number of hydrogen-bond acceptors (Lipinski definition) is 4. The molecule has 5 nitrogen and oxygen atoms in total. The van der Waals surface area contributed by atoms with Gasteiger partial charge in [0, 0.05) is 38.3 Å². The number of aliphatic imine (C=N–C) groups is 1. The molecule has 0 aliphatic heterocycles. The summed E-state index contributed by atoms with van der Waals surface area (Å²) in [5.41, 5.74) is 5.73. The van der Waals surface area contributed by atoms with Crippen molar-refractivity contribution in [1.29, 1.82) is 4.78 Å². The van der Waals surface area contributed by atoms with E-state index in [2.05, 4.69) is 11.6 Å². The topological polar surface area (TPSA) is 82.5 Å². The first-order valence-corrected chi connectivity index (χ1v) is 7.86. The van der Waals surface area contributed by atoms with Crippen LogP contribution in [0.25, 0.3) is 0 Å². The van der Waals surface area contributed by atoms with Gasteiger partial charge in [-0.3, -0.25) is 14.6 Å². The van der Waals surface area contributed by atoms with Gasteiger partial charge in [0.2, 0.25) is 0 Å². The predicted molar refractivity (Wildman–Crippen MR) is 83.5 cm³/mol. The third kappa shape index (κ3) is 7.69. The van der Waals surface area contributed by atoms with Crippen LogP contribution in [0.3, 0.4) is 0 Å². The predicted octanol–water partition coefficient (Wildman–Crippen LogP) is 1.19. The van der Waals surface area contributed by atoms with Crippen LogP contribution < -0.4 is 5.73 Å². The Morgan fingerprint density at radius 3 is 2.74 bits per heavy atom. The molecule has 0 spiro atoms. The number of likely N-dealkylation sites (N-methyl/N-ethyl adjacent to an activating group) is 1. The van der Waals surface area contributed by atoms with Gasteiger partial charge in [-0.05, 0) is 12.2 Å². The standard InChI is InChI=1S/C13H24N4OS/c1-5-12(8-16-7-6-14)13(18)17(3)9-11(2)10-19(4)15/h5,7-8,11,15H,1,6,9-10,14H2,2-4H3/b12-8+,16-7?/t11?,19-/m0/s1. The number of nitrogens with two attached hydrogens (primary N) is 1. The van der Waals surface area contributed by atoms with Crippen LogP contribution in [-0.4, -0.2) is 49.2 Å². The molecule has 0 bridgehead atoms. The Labute approximate surface area is 118 Å². The zero-order chi connectivity index (χ0) is 14.8. The molecule has 0 heterocycles. The van der Waals surface area contributed by atoms with Crippen LogP contribution in [-0.2, 0) is 15.5 Å². The minimum absolute atomic E-state index is 0.114. The molecule has 0 aliphatic rings. The molecule has 0 saturated carbocycles. The van der Waals surface area contributed by atoms with E-state index in [1.807, 2.05) is 13.2 Å². The summed E-state index contributed by atoms with van der Waals surface area (Å²) < 4.78 is 7.56. The molecule has 6 heteroatoms. The molecule has 0 rings (SSSR count). The second kappa shape index (κ2) is 9.63. The van der Waals surface area contributed by atoms with Crippen molar-refractivity contribution >= 4 is 22.8 Å². The smallest absolute Gasteiger partial charge is 0.255 e. The maximum Gasteiger partial charge on any atom is 0.255 e. The fourth-order valence-electron chi connectivity index (χ4n) is 1.64. The number of carbonyl (C=O) groups is 1. The van der Waals surface area contributed by atoms with Crippen molar-refractivity contribution in [3.8, 4) is 0 Å². The normalized spacial score (nSPS) is 15.3. The SMILES string of the molecule is C=C/C(=C\N=CCN)C(=O)N(C)CC(C)C[S@](C)=N. The van der Waals surface area contributed by atoms with Crippen LogP contribution in [0.1, 0.15) is 6.92 Å². The van der Waals surface area contributed by atoms with Crippen molar-refractivity contribution < 1.29 is 4.79 Å². The average molecular weight is 284 g/mol. The highest BCUT2D eigenvalue weighted by molar-refractivity contribution is 7.85. The van der Waals surface area contributed by atoms with E-state index in [1.165, 1.54) is 18.5 Å². The van der Waals surface area contributed by atoms with Gasteiger partial charge in [0.25, 0.3) is 5.91 Å². The van der Waals surface area contributed by atoms with E-state index in [9.17, 15) is 4.79 Å². The monoisotopic (exact) mass is 284 g/mol. The molecule has 3 N–H and O–H groups in total. The van der Waals surface area contributed by atoms with Gasteiger partial charge in [-0.15, -0.1) is 10.7 Å².